The maximum Gasteiger partial charge on any atom is 0.269 e. The summed E-state index contributed by atoms with van der Waals surface area (Å²) in [6, 6.07) is 11.6. The highest BCUT2D eigenvalue weighted by Gasteiger charge is 2.25. The quantitative estimate of drug-likeness (QED) is 0.595. The number of nitrogens with zero attached hydrogens (tertiary/aromatic N) is 2. The first-order valence-electron chi connectivity index (χ1n) is 9.09. The molecule has 1 amide bonds. The summed E-state index contributed by atoms with van der Waals surface area (Å²) >= 11 is 0. The smallest absolute Gasteiger partial charge is 0.269 e. The number of nitro groups is 1. The first-order valence-corrected chi connectivity index (χ1v) is 9.09. The summed E-state index contributed by atoms with van der Waals surface area (Å²) < 4.78 is 10.6. The molecule has 148 valence electrons. The zero-order valence-electron chi connectivity index (χ0n) is 16.0. The molecule has 2 aromatic carbocycles. The third kappa shape index (κ3) is 4.58. The molecule has 3 rings (SSSR count). The van der Waals surface area contributed by atoms with E-state index in [9.17, 15) is 14.9 Å². The van der Waals surface area contributed by atoms with E-state index >= 15 is 0 Å². The van der Waals surface area contributed by atoms with E-state index in [0.717, 1.165) is 36.7 Å². The lowest BCUT2D eigenvalue weighted by Gasteiger charge is -2.32. The monoisotopic (exact) mass is 386 g/mol. The van der Waals surface area contributed by atoms with Crippen LogP contribution in [0.4, 0.5) is 5.69 Å². The fourth-order valence-corrected chi connectivity index (χ4v) is 3.37. The number of nitrogens with one attached hydrogen (secondary N) is 1. The predicted molar refractivity (Wildman–Crippen MR) is 103 cm³/mol. The van der Waals surface area contributed by atoms with Crippen LogP contribution in [-0.2, 0) is 6.54 Å². The topological polar surface area (TPSA) is 86.4 Å². The van der Waals surface area contributed by atoms with Crippen molar-refractivity contribution in [2.45, 2.75) is 6.54 Å². The first-order chi connectivity index (χ1) is 13.5. The van der Waals surface area contributed by atoms with Crippen molar-refractivity contribution < 1.29 is 24.1 Å². The maximum atomic E-state index is 12.6. The number of quaternary nitrogens is 1. The SMILES string of the molecule is COc1cc(C[NH+]2CCN(C(=O)c3ccc([N+](=O)[O-])cc3)CC2)cc(OC)c1. The Hall–Kier alpha value is -3.13. The number of amides is 1. The summed E-state index contributed by atoms with van der Waals surface area (Å²) in [4.78, 5) is 26.1. The van der Waals surface area contributed by atoms with E-state index in [1.807, 2.05) is 18.2 Å². The minimum atomic E-state index is -0.468. The second-order valence-electron chi connectivity index (χ2n) is 6.74. The predicted octanol–water partition coefficient (Wildman–Crippen LogP) is 1.15. The van der Waals surface area contributed by atoms with Gasteiger partial charge in [-0.15, -0.1) is 0 Å². The van der Waals surface area contributed by atoms with Gasteiger partial charge in [0, 0.05) is 29.3 Å². The van der Waals surface area contributed by atoms with Crippen LogP contribution < -0.4 is 14.4 Å². The van der Waals surface area contributed by atoms with Gasteiger partial charge in [0.1, 0.15) is 18.0 Å². The number of rotatable bonds is 6. The average molecular weight is 386 g/mol. The molecule has 2 aromatic rings. The zero-order valence-corrected chi connectivity index (χ0v) is 16.0. The second kappa shape index (κ2) is 8.71. The number of carbonyl (C=O) groups excluding carboxylic acids is 1. The number of nitro benzene ring substituents is 1. The molecule has 0 saturated carbocycles. The summed E-state index contributed by atoms with van der Waals surface area (Å²) in [5.41, 5.74) is 1.59. The van der Waals surface area contributed by atoms with Gasteiger partial charge in [0.25, 0.3) is 11.6 Å². The molecule has 1 aliphatic rings. The van der Waals surface area contributed by atoms with Crippen molar-refractivity contribution in [1.29, 1.82) is 0 Å². The van der Waals surface area contributed by atoms with Crippen molar-refractivity contribution in [3.05, 3.63) is 63.7 Å². The minimum Gasteiger partial charge on any atom is -0.497 e. The first kappa shape index (κ1) is 19.6. The van der Waals surface area contributed by atoms with Gasteiger partial charge < -0.3 is 19.3 Å². The molecule has 1 heterocycles. The van der Waals surface area contributed by atoms with Crippen LogP contribution in [0.1, 0.15) is 15.9 Å². The molecular weight excluding hydrogens is 362 g/mol. The lowest BCUT2D eigenvalue weighted by Crippen LogP contribution is -3.13. The highest BCUT2D eigenvalue weighted by Crippen LogP contribution is 2.22. The molecule has 0 aliphatic carbocycles. The molecule has 1 N–H and O–H groups in total. The largest absolute Gasteiger partial charge is 0.497 e. The van der Waals surface area contributed by atoms with Crippen molar-refractivity contribution in [2.24, 2.45) is 0 Å². The van der Waals surface area contributed by atoms with Crippen LogP contribution in [0.25, 0.3) is 0 Å². The van der Waals surface area contributed by atoms with Crippen LogP contribution in [0.5, 0.6) is 11.5 Å². The lowest BCUT2D eigenvalue weighted by molar-refractivity contribution is -0.917. The Bertz CT molecular complexity index is 823. The lowest BCUT2D eigenvalue weighted by atomic mass is 10.1. The van der Waals surface area contributed by atoms with Crippen LogP contribution in [-0.4, -0.2) is 56.1 Å². The van der Waals surface area contributed by atoms with Crippen molar-refractivity contribution in [3.63, 3.8) is 0 Å². The van der Waals surface area contributed by atoms with E-state index in [1.165, 1.54) is 29.2 Å². The van der Waals surface area contributed by atoms with Gasteiger partial charge in [-0.05, 0) is 24.3 Å². The van der Waals surface area contributed by atoms with Gasteiger partial charge in [-0.2, -0.15) is 0 Å². The van der Waals surface area contributed by atoms with Gasteiger partial charge in [0.15, 0.2) is 0 Å². The second-order valence-corrected chi connectivity index (χ2v) is 6.74. The van der Waals surface area contributed by atoms with Crippen molar-refractivity contribution in [2.75, 3.05) is 40.4 Å². The highest BCUT2D eigenvalue weighted by molar-refractivity contribution is 5.94. The third-order valence-electron chi connectivity index (χ3n) is 4.95. The molecule has 0 aromatic heterocycles. The molecule has 8 nitrogen and oxygen atoms in total. The average Bonchev–Trinajstić information content (AvgIpc) is 2.73. The Balaban J connectivity index is 1.58. The van der Waals surface area contributed by atoms with E-state index in [0.29, 0.717) is 18.7 Å². The number of hydrogen-bond acceptors (Lipinski definition) is 5. The van der Waals surface area contributed by atoms with Crippen molar-refractivity contribution in [3.8, 4) is 11.5 Å². The summed E-state index contributed by atoms with van der Waals surface area (Å²) in [6.07, 6.45) is 0. The molecule has 1 saturated heterocycles. The summed E-state index contributed by atoms with van der Waals surface area (Å²) in [6.45, 7) is 3.78. The van der Waals surface area contributed by atoms with Gasteiger partial charge in [0.2, 0.25) is 0 Å². The molecule has 1 fully saturated rings. The number of ether oxygens (including phenoxy) is 2. The number of carbonyl (C=O) groups is 1. The van der Waals surface area contributed by atoms with Gasteiger partial charge in [-0.3, -0.25) is 14.9 Å². The van der Waals surface area contributed by atoms with Crippen LogP contribution >= 0.6 is 0 Å². The van der Waals surface area contributed by atoms with Crippen LogP contribution in [0, 0.1) is 10.1 Å². The summed E-state index contributed by atoms with van der Waals surface area (Å²) in [5.74, 6) is 1.44. The van der Waals surface area contributed by atoms with Gasteiger partial charge >= 0.3 is 0 Å². The molecule has 0 bridgehead atoms. The third-order valence-corrected chi connectivity index (χ3v) is 4.95. The van der Waals surface area contributed by atoms with Crippen molar-refractivity contribution >= 4 is 11.6 Å². The van der Waals surface area contributed by atoms with Crippen LogP contribution in [0.2, 0.25) is 0 Å². The number of hydrogen-bond donors (Lipinski definition) is 1. The number of benzene rings is 2. The van der Waals surface area contributed by atoms with Gasteiger partial charge in [0.05, 0.1) is 45.3 Å². The van der Waals surface area contributed by atoms with Gasteiger partial charge in [-0.1, -0.05) is 0 Å². The van der Waals surface area contributed by atoms with Gasteiger partial charge in [-0.25, -0.2) is 0 Å². The minimum absolute atomic E-state index is 0.0143. The molecule has 8 heteroatoms. The Morgan fingerprint density at radius 1 is 1.07 bits per heavy atom. The normalized spacial score (nSPS) is 14.6. The Morgan fingerprint density at radius 3 is 2.14 bits per heavy atom. The van der Waals surface area contributed by atoms with E-state index in [1.54, 1.807) is 19.1 Å². The molecule has 0 atom stereocenters. The van der Waals surface area contributed by atoms with E-state index in [-0.39, 0.29) is 11.6 Å². The fraction of sp³-hybridized carbons (Fsp3) is 0.350. The Labute approximate surface area is 163 Å². The molecule has 0 radical (unpaired) electrons. The Morgan fingerprint density at radius 2 is 1.64 bits per heavy atom. The van der Waals surface area contributed by atoms with E-state index in [2.05, 4.69) is 0 Å². The number of non-ortho nitro benzene ring substituents is 1. The molecular formula is C20H24N3O5+. The standard InChI is InChI=1S/C20H23N3O5/c1-27-18-11-15(12-19(13-18)28-2)14-21-7-9-22(10-8-21)20(24)16-3-5-17(6-4-16)23(25)26/h3-6,11-13H,7-10,14H2,1-2H3/p+1. The summed E-state index contributed by atoms with van der Waals surface area (Å²) in [5, 5.41) is 10.7. The summed E-state index contributed by atoms with van der Waals surface area (Å²) in [7, 11) is 3.27. The zero-order chi connectivity index (χ0) is 20.1. The fourth-order valence-electron chi connectivity index (χ4n) is 3.37. The van der Waals surface area contributed by atoms with E-state index < -0.39 is 4.92 Å². The van der Waals surface area contributed by atoms with Crippen LogP contribution in [0.15, 0.2) is 42.5 Å². The number of methoxy groups -OCH3 is 2. The molecule has 28 heavy (non-hydrogen) atoms. The molecule has 0 unspecified atom stereocenters. The van der Waals surface area contributed by atoms with Crippen LogP contribution in [0.3, 0.4) is 0 Å². The molecule has 1 aliphatic heterocycles. The number of piperazine rings is 1. The molecule has 0 spiro atoms. The van der Waals surface area contributed by atoms with E-state index in [4.69, 9.17) is 9.47 Å². The highest BCUT2D eigenvalue weighted by atomic mass is 16.6. The Kier molecular flexibility index (Phi) is 6.10. The maximum absolute atomic E-state index is 12.6. The van der Waals surface area contributed by atoms with Crippen molar-refractivity contribution in [1.82, 2.24) is 4.90 Å².